The molecule has 102 valence electrons. The third-order valence-electron chi connectivity index (χ3n) is 2.05. The van der Waals surface area contributed by atoms with Crippen LogP contribution in [-0.2, 0) is 15.7 Å². The predicted octanol–water partition coefficient (Wildman–Crippen LogP) is 3.18. The second kappa shape index (κ2) is 9.95. The summed E-state index contributed by atoms with van der Waals surface area (Å²) >= 11 is 0. The lowest BCUT2D eigenvalue weighted by Gasteiger charge is -2.02. The van der Waals surface area contributed by atoms with Crippen molar-refractivity contribution in [3.8, 4) is 5.75 Å². The zero-order valence-corrected chi connectivity index (χ0v) is 11.7. The molecule has 0 spiro atoms. The Balaban J connectivity index is 0.000000631. The van der Waals surface area contributed by atoms with Gasteiger partial charge in [0.1, 0.15) is 6.61 Å². The molecule has 0 saturated heterocycles. The van der Waals surface area contributed by atoms with Gasteiger partial charge in [-0.15, -0.1) is 4.52 Å². The molecule has 0 bridgehead atoms. The van der Waals surface area contributed by atoms with Gasteiger partial charge in [-0.25, -0.2) is 4.39 Å². The molecule has 0 amide bonds. The predicted molar refractivity (Wildman–Crippen MR) is 65.9 cm³/mol. The van der Waals surface area contributed by atoms with Crippen molar-refractivity contribution < 1.29 is 23.1 Å². The van der Waals surface area contributed by atoms with E-state index in [4.69, 9.17) is 4.74 Å². The normalized spacial score (nSPS) is 10.4. The molecule has 0 saturated carbocycles. The highest BCUT2D eigenvalue weighted by Gasteiger charge is 2.06. The van der Waals surface area contributed by atoms with Crippen molar-refractivity contribution in [1.82, 2.24) is 0 Å². The highest BCUT2D eigenvalue weighted by Crippen LogP contribution is 2.20. The van der Waals surface area contributed by atoms with E-state index in [0.29, 0.717) is 5.56 Å². The molecule has 4 nitrogen and oxygen atoms in total. The number of unbranched alkanes of at least 4 members (excludes halogenated alkanes) is 1. The first kappa shape index (κ1) is 17.0. The highest BCUT2D eigenvalue weighted by molar-refractivity contribution is 7.30. The van der Waals surface area contributed by atoms with Gasteiger partial charge in [0.2, 0.25) is 0 Å². The molecular formula is C12H18FO4P. The first-order chi connectivity index (χ1) is 8.54. The van der Waals surface area contributed by atoms with E-state index in [2.05, 4.69) is 18.4 Å². The van der Waals surface area contributed by atoms with Crippen LogP contribution in [0, 0.1) is 5.82 Å². The molecule has 0 N–H and O–H groups in total. The molecule has 0 aliphatic heterocycles. The maximum atomic E-state index is 13.0. The molecule has 1 aromatic rings. The molecular weight excluding hydrogens is 258 g/mol. The summed E-state index contributed by atoms with van der Waals surface area (Å²) < 4.78 is 32.1. The van der Waals surface area contributed by atoms with Crippen LogP contribution in [0.4, 0.5) is 4.39 Å². The summed E-state index contributed by atoms with van der Waals surface area (Å²) in [5, 5.41) is 0. The van der Waals surface area contributed by atoms with Gasteiger partial charge < -0.3 is 9.63 Å². The fraction of sp³-hybridized carbons (Fsp3) is 0.500. The van der Waals surface area contributed by atoms with Gasteiger partial charge in [-0.05, 0) is 22.3 Å². The summed E-state index contributed by atoms with van der Waals surface area (Å²) in [4.78, 5) is 10.1. The van der Waals surface area contributed by atoms with Gasteiger partial charge in [0, 0.05) is 0 Å². The van der Waals surface area contributed by atoms with Gasteiger partial charge >= 0.3 is 8.25 Å². The minimum Gasteiger partial charge on any atom is -0.566 e. The van der Waals surface area contributed by atoms with Crippen LogP contribution in [0.1, 0.15) is 32.3 Å². The van der Waals surface area contributed by atoms with Crippen LogP contribution in [0.3, 0.4) is 0 Å². The van der Waals surface area contributed by atoms with Gasteiger partial charge in [0.05, 0.1) is 7.11 Å². The molecule has 1 aromatic carbocycles. The molecule has 1 atom stereocenters. The summed E-state index contributed by atoms with van der Waals surface area (Å²) in [5.41, 5.74) is 0.433. The van der Waals surface area contributed by atoms with E-state index < -0.39 is 14.1 Å². The Labute approximate surface area is 108 Å². The van der Waals surface area contributed by atoms with E-state index in [1.807, 2.05) is 0 Å². The van der Waals surface area contributed by atoms with Crippen molar-refractivity contribution in [3.63, 3.8) is 0 Å². The van der Waals surface area contributed by atoms with Crippen LogP contribution < -0.4 is 9.63 Å². The van der Waals surface area contributed by atoms with Crippen LogP contribution in [-0.4, -0.2) is 7.11 Å². The van der Waals surface area contributed by atoms with Crippen LogP contribution in [0.25, 0.3) is 0 Å². The van der Waals surface area contributed by atoms with E-state index in [1.54, 1.807) is 0 Å². The fourth-order valence-corrected chi connectivity index (χ4v) is 1.18. The second-order valence-corrected chi connectivity index (χ2v) is 4.17. The molecule has 0 heterocycles. The first-order valence-corrected chi connectivity index (χ1v) is 6.74. The van der Waals surface area contributed by atoms with Crippen molar-refractivity contribution in [2.24, 2.45) is 0 Å². The monoisotopic (exact) mass is 276 g/mol. The largest absolute Gasteiger partial charge is 0.566 e. The number of halogens is 1. The third-order valence-corrected chi connectivity index (χ3v) is 2.39. The molecule has 18 heavy (non-hydrogen) atoms. The van der Waals surface area contributed by atoms with E-state index in [0.717, 1.165) is 6.07 Å². The average molecular weight is 276 g/mol. The summed E-state index contributed by atoms with van der Waals surface area (Å²) in [6, 6.07) is 4.10. The minimum absolute atomic E-state index is 0.111. The van der Waals surface area contributed by atoms with Crippen molar-refractivity contribution in [2.75, 3.05) is 7.11 Å². The van der Waals surface area contributed by atoms with Crippen molar-refractivity contribution >= 4 is 8.25 Å². The van der Waals surface area contributed by atoms with E-state index >= 15 is 0 Å². The van der Waals surface area contributed by atoms with Gasteiger partial charge in [-0.3, -0.25) is 0 Å². The second-order valence-electron chi connectivity index (χ2n) is 3.47. The Morgan fingerprint density at radius 1 is 1.33 bits per heavy atom. The minimum atomic E-state index is -2.90. The first-order valence-electron chi connectivity index (χ1n) is 5.64. The van der Waals surface area contributed by atoms with E-state index in [1.165, 1.54) is 32.1 Å². The van der Waals surface area contributed by atoms with Crippen LogP contribution in [0.2, 0.25) is 0 Å². The molecule has 0 aliphatic carbocycles. The summed E-state index contributed by atoms with van der Waals surface area (Å²) in [6.07, 6.45) is 2.64. The Kier molecular flexibility index (Phi) is 9.38. The Bertz CT molecular complexity index is 369. The molecule has 1 rings (SSSR count). The summed E-state index contributed by atoms with van der Waals surface area (Å²) in [7, 11) is -1.55. The van der Waals surface area contributed by atoms with Gasteiger partial charge in [0.25, 0.3) is 0 Å². The number of ether oxygens (including phenoxy) is 1. The zero-order valence-electron chi connectivity index (χ0n) is 10.8. The number of benzene rings is 1. The van der Waals surface area contributed by atoms with Gasteiger partial charge in [-0.2, -0.15) is 0 Å². The number of hydrogen-bond acceptors (Lipinski definition) is 4. The smallest absolute Gasteiger partial charge is 0.488 e. The van der Waals surface area contributed by atoms with Crippen molar-refractivity contribution in [3.05, 3.63) is 29.6 Å². The molecule has 6 heteroatoms. The number of hydrogen-bond donors (Lipinski definition) is 0. The molecule has 0 radical (unpaired) electrons. The molecule has 1 unspecified atom stereocenters. The summed E-state index contributed by atoms with van der Waals surface area (Å²) in [6.45, 7) is 4.19. The average Bonchev–Trinajstić information content (AvgIpc) is 2.36. The molecule has 0 fully saturated rings. The van der Waals surface area contributed by atoms with Gasteiger partial charge in [-0.1, -0.05) is 32.8 Å². The SMILES string of the molecule is CCCC.COc1ccc(CO[P+](=O)[O-])cc1F. The Morgan fingerprint density at radius 2 is 1.94 bits per heavy atom. The topological polar surface area (TPSA) is 58.6 Å². The lowest BCUT2D eigenvalue weighted by atomic mass is 10.2. The van der Waals surface area contributed by atoms with Crippen molar-refractivity contribution in [1.29, 1.82) is 0 Å². The van der Waals surface area contributed by atoms with Crippen LogP contribution in [0.15, 0.2) is 18.2 Å². The Hall–Kier alpha value is -1.03. The maximum absolute atomic E-state index is 13.0. The van der Waals surface area contributed by atoms with Gasteiger partial charge in [0.15, 0.2) is 11.6 Å². The van der Waals surface area contributed by atoms with Crippen molar-refractivity contribution in [2.45, 2.75) is 33.3 Å². The molecule has 0 aliphatic rings. The van der Waals surface area contributed by atoms with Crippen LogP contribution in [0.5, 0.6) is 5.75 Å². The van der Waals surface area contributed by atoms with E-state index in [9.17, 15) is 13.8 Å². The lowest BCUT2D eigenvalue weighted by molar-refractivity contribution is -0.186. The summed E-state index contributed by atoms with van der Waals surface area (Å²) in [5.74, 6) is -0.435. The highest BCUT2D eigenvalue weighted by atomic mass is 31.1. The maximum Gasteiger partial charge on any atom is 0.488 e. The number of rotatable bonds is 5. The van der Waals surface area contributed by atoms with Crippen LogP contribution >= 0.6 is 8.25 Å². The number of methoxy groups -OCH3 is 1. The third kappa shape index (κ3) is 7.33. The lowest BCUT2D eigenvalue weighted by Crippen LogP contribution is -1.94. The quantitative estimate of drug-likeness (QED) is 0.775. The standard InChI is InChI=1S/C8H8FO4P.C4H10/c1-12-8-3-2-6(4-7(8)9)5-13-14(10)11;1-3-4-2/h2-4H,5H2,1H3;3-4H2,1-2H3. The molecule has 0 aromatic heterocycles. The van der Waals surface area contributed by atoms with E-state index in [-0.39, 0.29) is 12.4 Å². The zero-order chi connectivity index (χ0) is 14.0. The Morgan fingerprint density at radius 3 is 2.33 bits per heavy atom. The fourth-order valence-electron chi connectivity index (χ4n) is 0.927.